The van der Waals surface area contributed by atoms with Crippen molar-refractivity contribution in [3.63, 3.8) is 0 Å². The Kier molecular flexibility index (Phi) is 6.63. The number of carboxylic acids is 1. The number of carbonyl (C=O) groups excluding carboxylic acids is 3. The summed E-state index contributed by atoms with van der Waals surface area (Å²) in [6.07, 6.45) is 3.20. The van der Waals surface area contributed by atoms with Crippen LogP contribution in [0, 0.1) is 0 Å². The molecule has 3 aliphatic rings. The van der Waals surface area contributed by atoms with Crippen molar-refractivity contribution in [3.05, 3.63) is 10.4 Å². The molecule has 11 nitrogen and oxygen atoms in total. The van der Waals surface area contributed by atoms with Crippen LogP contribution in [0.4, 0.5) is 5.00 Å². The maximum absolute atomic E-state index is 12.5. The predicted molar refractivity (Wildman–Crippen MR) is 114 cm³/mol. The van der Waals surface area contributed by atoms with Crippen molar-refractivity contribution in [2.45, 2.75) is 44.4 Å². The summed E-state index contributed by atoms with van der Waals surface area (Å²) in [4.78, 5) is 51.3. The molecule has 2 fully saturated rings. The van der Waals surface area contributed by atoms with Crippen LogP contribution in [0.5, 0.6) is 5.75 Å². The van der Waals surface area contributed by atoms with Crippen LogP contribution in [-0.2, 0) is 25.5 Å². The molecule has 0 aromatic carbocycles. The molecule has 1 aromatic heterocycles. The van der Waals surface area contributed by atoms with Crippen molar-refractivity contribution < 1.29 is 33.8 Å². The van der Waals surface area contributed by atoms with Gasteiger partial charge in [0.25, 0.3) is 0 Å². The number of amides is 3. The van der Waals surface area contributed by atoms with E-state index in [9.17, 15) is 24.3 Å². The van der Waals surface area contributed by atoms with Gasteiger partial charge < -0.3 is 25.6 Å². The minimum Gasteiger partial charge on any atom is -0.486 e. The Morgan fingerprint density at radius 3 is 2.56 bits per heavy atom. The largest absolute Gasteiger partial charge is 0.486 e. The van der Waals surface area contributed by atoms with E-state index in [1.807, 2.05) is 0 Å². The van der Waals surface area contributed by atoms with Gasteiger partial charge in [0.1, 0.15) is 28.6 Å². The minimum atomic E-state index is -1.10. The zero-order valence-corrected chi connectivity index (χ0v) is 18.3. The Balaban J connectivity index is 1.45. The fraction of sp³-hybridized carbons (Fsp3) is 0.600. The van der Waals surface area contributed by atoms with Crippen LogP contribution in [0.1, 0.15) is 40.9 Å². The molecular weight excluding hydrogens is 440 g/mol. The number of imide groups is 1. The number of aromatic carboxylic acids is 1. The molecule has 0 saturated carbocycles. The molecule has 0 bridgehead atoms. The standard InChI is InChI=1S/C20H26N4O7S/c21-13(25)8-23-9-15(26)24(16(27)10-23)7-11-4-5-12-18(31-11)17(20(28)29)19(32-12)22-14-3-1-2-6-30-14/h11,14,22H,1-10H2,(H2,21,25)(H,28,29). The normalized spacial score (nSPS) is 24.1. The molecule has 3 aliphatic heterocycles. The van der Waals surface area contributed by atoms with Gasteiger partial charge in [-0.05, 0) is 32.1 Å². The van der Waals surface area contributed by atoms with Gasteiger partial charge in [-0.25, -0.2) is 4.79 Å². The number of piperazine rings is 1. The summed E-state index contributed by atoms with van der Waals surface area (Å²) < 4.78 is 11.7. The van der Waals surface area contributed by atoms with Crippen molar-refractivity contribution >= 4 is 40.0 Å². The number of nitrogens with two attached hydrogens (primary N) is 1. The molecule has 4 heterocycles. The number of nitrogens with zero attached hydrogens (tertiary/aromatic N) is 2. The van der Waals surface area contributed by atoms with Gasteiger partial charge in [0, 0.05) is 11.5 Å². The van der Waals surface area contributed by atoms with Crippen molar-refractivity contribution in [1.82, 2.24) is 9.80 Å². The minimum absolute atomic E-state index is 0.0327. The molecule has 1 aromatic rings. The maximum Gasteiger partial charge on any atom is 0.342 e. The highest BCUT2D eigenvalue weighted by Gasteiger charge is 2.37. The van der Waals surface area contributed by atoms with Crippen LogP contribution in [0.3, 0.4) is 0 Å². The summed E-state index contributed by atoms with van der Waals surface area (Å²) in [7, 11) is 0. The van der Waals surface area contributed by atoms with Gasteiger partial charge in [0.15, 0.2) is 0 Å². The Morgan fingerprint density at radius 1 is 1.19 bits per heavy atom. The first-order valence-electron chi connectivity index (χ1n) is 10.6. The van der Waals surface area contributed by atoms with Crippen LogP contribution in [0.15, 0.2) is 0 Å². The second-order valence-electron chi connectivity index (χ2n) is 8.15. The van der Waals surface area contributed by atoms with E-state index >= 15 is 0 Å². The molecule has 2 saturated heterocycles. The fourth-order valence-corrected chi connectivity index (χ4v) is 5.36. The molecule has 0 spiro atoms. The molecule has 0 aliphatic carbocycles. The first-order chi connectivity index (χ1) is 15.3. The summed E-state index contributed by atoms with van der Waals surface area (Å²) in [5, 5.41) is 13.5. The van der Waals surface area contributed by atoms with Gasteiger partial charge in [0.2, 0.25) is 17.7 Å². The molecule has 32 heavy (non-hydrogen) atoms. The van der Waals surface area contributed by atoms with Gasteiger partial charge in [-0.1, -0.05) is 0 Å². The lowest BCUT2D eigenvalue weighted by Gasteiger charge is -2.35. The van der Waals surface area contributed by atoms with E-state index in [2.05, 4.69) is 5.32 Å². The number of ether oxygens (including phenoxy) is 2. The lowest BCUT2D eigenvalue weighted by atomic mass is 10.1. The van der Waals surface area contributed by atoms with Crippen LogP contribution >= 0.6 is 11.3 Å². The molecule has 174 valence electrons. The van der Waals surface area contributed by atoms with E-state index in [0.29, 0.717) is 30.2 Å². The molecule has 2 atom stereocenters. The topological polar surface area (TPSA) is 152 Å². The lowest BCUT2D eigenvalue weighted by Crippen LogP contribution is -2.57. The van der Waals surface area contributed by atoms with E-state index < -0.39 is 29.8 Å². The van der Waals surface area contributed by atoms with Gasteiger partial charge in [-0.3, -0.25) is 24.2 Å². The van der Waals surface area contributed by atoms with Gasteiger partial charge in [-0.15, -0.1) is 11.3 Å². The van der Waals surface area contributed by atoms with Gasteiger partial charge >= 0.3 is 5.97 Å². The van der Waals surface area contributed by atoms with E-state index in [1.165, 1.54) is 16.2 Å². The monoisotopic (exact) mass is 466 g/mol. The number of nitrogens with one attached hydrogen (secondary N) is 1. The average molecular weight is 467 g/mol. The summed E-state index contributed by atoms with van der Waals surface area (Å²) in [5.74, 6) is -2.28. The fourth-order valence-electron chi connectivity index (χ4n) is 4.18. The summed E-state index contributed by atoms with van der Waals surface area (Å²) in [6, 6.07) is 0. The van der Waals surface area contributed by atoms with E-state index in [-0.39, 0.29) is 38.0 Å². The smallest absolute Gasteiger partial charge is 0.342 e. The Morgan fingerprint density at radius 2 is 1.94 bits per heavy atom. The number of thiophene rings is 1. The highest BCUT2D eigenvalue weighted by atomic mass is 32.1. The maximum atomic E-state index is 12.5. The number of rotatable bonds is 7. The second kappa shape index (κ2) is 9.43. The summed E-state index contributed by atoms with van der Waals surface area (Å²) in [5.41, 5.74) is 5.21. The van der Waals surface area contributed by atoms with Gasteiger partial charge in [-0.2, -0.15) is 0 Å². The molecule has 4 rings (SSSR count). The molecule has 0 radical (unpaired) electrons. The van der Waals surface area contributed by atoms with Crippen LogP contribution in [-0.4, -0.2) is 83.7 Å². The quantitative estimate of drug-likeness (QED) is 0.480. The summed E-state index contributed by atoms with van der Waals surface area (Å²) in [6.45, 7) is 0.344. The molecule has 12 heteroatoms. The zero-order valence-electron chi connectivity index (χ0n) is 17.5. The number of aryl methyl sites for hydroxylation is 1. The number of fused-ring (bicyclic) bond motifs is 1. The lowest BCUT2D eigenvalue weighted by molar-refractivity contribution is -0.153. The molecule has 2 unspecified atom stereocenters. The third kappa shape index (κ3) is 4.87. The third-order valence-electron chi connectivity index (χ3n) is 5.68. The third-order valence-corrected chi connectivity index (χ3v) is 6.84. The first kappa shape index (κ1) is 22.5. The molecular formula is C20H26N4O7S. The molecule has 3 amide bonds. The predicted octanol–water partition coefficient (Wildman–Crippen LogP) is 0.235. The number of carbonyl (C=O) groups is 4. The van der Waals surface area contributed by atoms with Gasteiger partial charge in [0.05, 0.1) is 26.2 Å². The highest BCUT2D eigenvalue weighted by molar-refractivity contribution is 7.17. The van der Waals surface area contributed by atoms with Crippen molar-refractivity contribution in [2.75, 3.05) is 38.1 Å². The van der Waals surface area contributed by atoms with E-state index in [1.54, 1.807) is 0 Å². The Bertz CT molecular complexity index is 909. The number of hydrogen-bond donors (Lipinski definition) is 3. The van der Waals surface area contributed by atoms with Crippen molar-refractivity contribution in [1.29, 1.82) is 0 Å². The number of anilines is 1. The average Bonchev–Trinajstić information content (AvgIpc) is 3.08. The van der Waals surface area contributed by atoms with Crippen LogP contribution < -0.4 is 15.8 Å². The van der Waals surface area contributed by atoms with E-state index in [0.717, 1.165) is 29.0 Å². The second-order valence-corrected chi connectivity index (χ2v) is 9.26. The number of hydrogen-bond acceptors (Lipinski definition) is 9. The number of carboxylic acid groups (broad SMARTS) is 1. The SMILES string of the molecule is NC(=O)CN1CC(=O)N(CC2CCc3sc(NC4CCCCO4)c(C(=O)O)c3O2)C(=O)C1. The van der Waals surface area contributed by atoms with Crippen molar-refractivity contribution in [2.24, 2.45) is 5.73 Å². The van der Waals surface area contributed by atoms with E-state index in [4.69, 9.17) is 15.2 Å². The highest BCUT2D eigenvalue weighted by Crippen LogP contribution is 2.44. The van der Waals surface area contributed by atoms with Crippen LogP contribution in [0.25, 0.3) is 0 Å². The van der Waals surface area contributed by atoms with Crippen LogP contribution in [0.2, 0.25) is 0 Å². The Labute approximate surface area is 188 Å². The zero-order chi connectivity index (χ0) is 22.8. The Hall–Kier alpha value is -2.70. The molecule has 4 N–H and O–H groups in total. The first-order valence-corrected chi connectivity index (χ1v) is 11.4. The van der Waals surface area contributed by atoms with Crippen molar-refractivity contribution in [3.8, 4) is 5.75 Å². The summed E-state index contributed by atoms with van der Waals surface area (Å²) >= 11 is 1.34. The number of primary amides is 1.